The molecular weight excluding hydrogens is 152 g/mol. The van der Waals surface area contributed by atoms with Gasteiger partial charge in [0.15, 0.2) is 0 Å². The molecule has 0 N–H and O–H groups in total. The standard InChI is InChI=1S/C9H20N2O/c1-3-5-6-7-8-9-11(4-2)10-12/h3-9H2,1-2H3. The SMILES string of the molecule is CCCCCCCN(CC)N=O. The lowest BCUT2D eigenvalue weighted by Crippen LogP contribution is -2.16. The Bertz CT molecular complexity index is 107. The monoisotopic (exact) mass is 172 g/mol. The van der Waals surface area contributed by atoms with Crippen molar-refractivity contribution in [1.82, 2.24) is 5.01 Å². The van der Waals surface area contributed by atoms with Crippen molar-refractivity contribution in [2.45, 2.75) is 46.0 Å². The summed E-state index contributed by atoms with van der Waals surface area (Å²) in [7, 11) is 0. The lowest BCUT2D eigenvalue weighted by atomic mass is 10.1. The number of unbranched alkanes of at least 4 members (excludes halogenated alkanes) is 4. The van der Waals surface area contributed by atoms with Crippen molar-refractivity contribution in [3.05, 3.63) is 4.91 Å². The molecular formula is C9H20N2O. The van der Waals surface area contributed by atoms with Crippen LogP contribution in [0, 0.1) is 4.91 Å². The van der Waals surface area contributed by atoms with Crippen LogP contribution < -0.4 is 0 Å². The maximum Gasteiger partial charge on any atom is 0.0523 e. The number of nitrogens with zero attached hydrogens (tertiary/aromatic N) is 2. The molecule has 0 rings (SSSR count). The van der Waals surface area contributed by atoms with E-state index in [0.29, 0.717) is 0 Å². The summed E-state index contributed by atoms with van der Waals surface area (Å²) in [4.78, 5) is 10.1. The number of rotatable bonds is 8. The van der Waals surface area contributed by atoms with Gasteiger partial charge >= 0.3 is 0 Å². The van der Waals surface area contributed by atoms with E-state index < -0.39 is 0 Å². The third-order valence-electron chi connectivity index (χ3n) is 2.00. The van der Waals surface area contributed by atoms with Gasteiger partial charge in [0.25, 0.3) is 0 Å². The van der Waals surface area contributed by atoms with Crippen molar-refractivity contribution in [3.63, 3.8) is 0 Å². The maximum absolute atomic E-state index is 10.1. The van der Waals surface area contributed by atoms with Gasteiger partial charge in [0.2, 0.25) is 0 Å². The summed E-state index contributed by atoms with van der Waals surface area (Å²) in [6.07, 6.45) is 6.18. The lowest BCUT2D eigenvalue weighted by molar-refractivity contribution is 0.291. The molecule has 0 bridgehead atoms. The highest BCUT2D eigenvalue weighted by molar-refractivity contribution is 4.49. The summed E-state index contributed by atoms with van der Waals surface area (Å²) >= 11 is 0. The molecule has 0 amide bonds. The Morgan fingerprint density at radius 1 is 1.08 bits per heavy atom. The van der Waals surface area contributed by atoms with Gasteiger partial charge in [-0.2, -0.15) is 0 Å². The van der Waals surface area contributed by atoms with Gasteiger partial charge in [-0.3, -0.25) is 5.01 Å². The van der Waals surface area contributed by atoms with Crippen molar-refractivity contribution in [2.24, 2.45) is 5.29 Å². The van der Waals surface area contributed by atoms with Gasteiger partial charge in [-0.1, -0.05) is 32.6 Å². The predicted octanol–water partition coefficient (Wildman–Crippen LogP) is 2.96. The zero-order valence-corrected chi connectivity index (χ0v) is 8.25. The summed E-state index contributed by atoms with van der Waals surface area (Å²) in [5.74, 6) is 0. The van der Waals surface area contributed by atoms with E-state index in [1.54, 1.807) is 5.01 Å². The smallest absolute Gasteiger partial charge is 0.0523 e. The first-order valence-electron chi connectivity index (χ1n) is 4.93. The minimum atomic E-state index is 0.733. The van der Waals surface area contributed by atoms with E-state index in [2.05, 4.69) is 12.2 Å². The average Bonchev–Trinajstić information content (AvgIpc) is 2.11. The minimum absolute atomic E-state index is 0.733. The number of hydrogen-bond acceptors (Lipinski definition) is 2. The Kier molecular flexibility index (Phi) is 8.07. The number of hydrogen-bond donors (Lipinski definition) is 0. The largest absolute Gasteiger partial charge is 0.261 e. The molecule has 0 aromatic heterocycles. The molecule has 0 spiro atoms. The van der Waals surface area contributed by atoms with Gasteiger partial charge < -0.3 is 0 Å². The average molecular weight is 172 g/mol. The Labute approximate surface area is 75.1 Å². The molecule has 0 saturated heterocycles. The summed E-state index contributed by atoms with van der Waals surface area (Å²) in [5.41, 5.74) is 0. The second-order valence-corrected chi connectivity index (χ2v) is 3.04. The zero-order chi connectivity index (χ0) is 9.23. The van der Waals surface area contributed by atoms with E-state index in [1.807, 2.05) is 6.92 Å². The van der Waals surface area contributed by atoms with E-state index in [9.17, 15) is 4.91 Å². The quantitative estimate of drug-likeness (QED) is 0.320. The third kappa shape index (κ3) is 6.13. The molecule has 0 aliphatic heterocycles. The fraction of sp³-hybridized carbons (Fsp3) is 1.00. The molecule has 72 valence electrons. The van der Waals surface area contributed by atoms with Crippen LogP contribution in [0.3, 0.4) is 0 Å². The summed E-state index contributed by atoms with van der Waals surface area (Å²) in [6, 6.07) is 0. The van der Waals surface area contributed by atoms with Crippen molar-refractivity contribution in [2.75, 3.05) is 13.1 Å². The van der Waals surface area contributed by atoms with Crippen LogP contribution in [0.15, 0.2) is 5.29 Å². The predicted molar refractivity (Wildman–Crippen MR) is 51.8 cm³/mol. The second-order valence-electron chi connectivity index (χ2n) is 3.04. The molecule has 3 nitrogen and oxygen atoms in total. The normalized spacial score (nSPS) is 9.83. The molecule has 0 heterocycles. The maximum atomic E-state index is 10.1. The van der Waals surface area contributed by atoms with Crippen LogP contribution in [0.5, 0.6) is 0 Å². The molecule has 0 fully saturated rings. The van der Waals surface area contributed by atoms with Gasteiger partial charge in [-0.25, -0.2) is 0 Å². The fourth-order valence-corrected chi connectivity index (χ4v) is 1.15. The number of nitroso groups, excluding NO2 is 1. The molecule has 0 saturated carbocycles. The van der Waals surface area contributed by atoms with Crippen LogP contribution in [0.1, 0.15) is 46.0 Å². The molecule has 0 aromatic rings. The Morgan fingerprint density at radius 3 is 2.25 bits per heavy atom. The Balaban J connectivity index is 3.12. The highest BCUT2D eigenvalue weighted by Gasteiger charge is 1.97. The van der Waals surface area contributed by atoms with Crippen molar-refractivity contribution < 1.29 is 0 Å². The van der Waals surface area contributed by atoms with Crippen molar-refractivity contribution >= 4 is 0 Å². The van der Waals surface area contributed by atoms with Crippen LogP contribution in [0.2, 0.25) is 0 Å². The van der Waals surface area contributed by atoms with Gasteiger partial charge in [0, 0.05) is 13.1 Å². The molecule has 0 unspecified atom stereocenters. The van der Waals surface area contributed by atoms with E-state index >= 15 is 0 Å². The second kappa shape index (κ2) is 8.50. The topological polar surface area (TPSA) is 32.7 Å². The molecule has 0 aromatic carbocycles. The van der Waals surface area contributed by atoms with Crippen LogP contribution in [0.25, 0.3) is 0 Å². The van der Waals surface area contributed by atoms with Gasteiger partial charge in [-0.05, 0) is 13.3 Å². The van der Waals surface area contributed by atoms with E-state index in [4.69, 9.17) is 0 Å². The summed E-state index contributed by atoms with van der Waals surface area (Å²) in [6.45, 7) is 5.71. The first-order valence-corrected chi connectivity index (χ1v) is 4.93. The first-order chi connectivity index (χ1) is 5.85. The Morgan fingerprint density at radius 2 is 1.75 bits per heavy atom. The molecule has 0 atom stereocenters. The van der Waals surface area contributed by atoms with Crippen LogP contribution in [-0.4, -0.2) is 18.1 Å². The van der Waals surface area contributed by atoms with Gasteiger partial charge in [0.1, 0.15) is 0 Å². The van der Waals surface area contributed by atoms with Gasteiger partial charge in [-0.15, -0.1) is 4.91 Å². The lowest BCUT2D eigenvalue weighted by Gasteiger charge is -2.11. The first kappa shape index (κ1) is 11.4. The molecule has 12 heavy (non-hydrogen) atoms. The summed E-state index contributed by atoms with van der Waals surface area (Å²) in [5, 5.41) is 4.48. The minimum Gasteiger partial charge on any atom is -0.261 e. The summed E-state index contributed by atoms with van der Waals surface area (Å²) < 4.78 is 0. The van der Waals surface area contributed by atoms with Crippen LogP contribution in [0.4, 0.5) is 0 Å². The zero-order valence-electron chi connectivity index (χ0n) is 8.25. The highest BCUT2D eigenvalue weighted by Crippen LogP contribution is 2.03. The van der Waals surface area contributed by atoms with Crippen LogP contribution in [-0.2, 0) is 0 Å². The molecule has 3 heteroatoms. The third-order valence-corrected chi connectivity index (χ3v) is 2.00. The van der Waals surface area contributed by atoms with Crippen molar-refractivity contribution in [3.8, 4) is 0 Å². The van der Waals surface area contributed by atoms with Crippen LogP contribution >= 0.6 is 0 Å². The molecule has 0 aliphatic rings. The van der Waals surface area contributed by atoms with E-state index in [0.717, 1.165) is 19.5 Å². The van der Waals surface area contributed by atoms with Crippen molar-refractivity contribution in [1.29, 1.82) is 0 Å². The molecule has 0 aliphatic carbocycles. The molecule has 0 radical (unpaired) electrons. The van der Waals surface area contributed by atoms with E-state index in [1.165, 1.54) is 25.7 Å². The van der Waals surface area contributed by atoms with E-state index in [-0.39, 0.29) is 0 Å². The highest BCUT2D eigenvalue weighted by atomic mass is 16.3. The Hall–Kier alpha value is -0.600. The fourth-order valence-electron chi connectivity index (χ4n) is 1.15. The van der Waals surface area contributed by atoms with Gasteiger partial charge in [0.05, 0.1) is 5.29 Å².